The van der Waals surface area contributed by atoms with Crippen molar-refractivity contribution in [3.63, 3.8) is 0 Å². The van der Waals surface area contributed by atoms with Crippen molar-refractivity contribution in [3.8, 4) is 27.9 Å². The lowest BCUT2D eigenvalue weighted by Crippen LogP contribution is -1.96. The number of hydrogen-bond acceptors (Lipinski definition) is 1. The third-order valence-corrected chi connectivity index (χ3v) is 11.0. The highest BCUT2D eigenvalue weighted by molar-refractivity contribution is 6.35. The molecule has 3 heteroatoms. The first-order valence-electron chi connectivity index (χ1n) is 17.5. The third kappa shape index (κ3) is 3.52. The van der Waals surface area contributed by atoms with Crippen LogP contribution in [0.2, 0.25) is 0 Å². The first-order valence-corrected chi connectivity index (χ1v) is 17.5. The molecule has 0 unspecified atom stereocenters. The lowest BCUT2D eigenvalue weighted by Gasteiger charge is -2.14. The minimum Gasteiger partial charge on any atom is -0.456 e. The van der Waals surface area contributed by atoms with Gasteiger partial charge in [0.05, 0.1) is 27.6 Å². The van der Waals surface area contributed by atoms with E-state index >= 15 is 0 Å². The van der Waals surface area contributed by atoms with Gasteiger partial charge in [0.1, 0.15) is 11.2 Å². The summed E-state index contributed by atoms with van der Waals surface area (Å²) >= 11 is 0. The van der Waals surface area contributed by atoms with Crippen molar-refractivity contribution in [2.45, 2.75) is 0 Å². The molecule has 0 aliphatic rings. The van der Waals surface area contributed by atoms with Crippen LogP contribution in [0, 0.1) is 0 Å². The zero-order valence-corrected chi connectivity index (χ0v) is 27.5. The van der Waals surface area contributed by atoms with Crippen LogP contribution in [0.5, 0.6) is 0 Å². The monoisotopic (exact) mass is 648 g/mol. The zero-order chi connectivity index (χ0) is 33.2. The summed E-state index contributed by atoms with van der Waals surface area (Å²) in [5.74, 6) is 0. The number of benzene rings is 8. The largest absolute Gasteiger partial charge is 0.456 e. The van der Waals surface area contributed by atoms with Gasteiger partial charge in [0.2, 0.25) is 0 Å². The van der Waals surface area contributed by atoms with Gasteiger partial charge in [0.25, 0.3) is 0 Å². The van der Waals surface area contributed by atoms with Gasteiger partial charge in [-0.1, -0.05) is 115 Å². The van der Waals surface area contributed by atoms with E-state index in [-0.39, 0.29) is 0 Å². The Morgan fingerprint density at radius 2 is 0.961 bits per heavy atom. The maximum Gasteiger partial charge on any atom is 0.136 e. The van der Waals surface area contributed by atoms with Crippen LogP contribution in [0.1, 0.15) is 0 Å². The molecule has 0 saturated carbocycles. The van der Waals surface area contributed by atoms with E-state index in [1.54, 1.807) is 0 Å². The maximum absolute atomic E-state index is 6.32. The number of para-hydroxylation sites is 4. The van der Waals surface area contributed by atoms with E-state index < -0.39 is 0 Å². The predicted molar refractivity (Wildman–Crippen MR) is 214 cm³/mol. The van der Waals surface area contributed by atoms with Gasteiger partial charge < -0.3 is 13.4 Å². The number of furan rings is 1. The molecular formula is C48H28N2O. The Kier molecular flexibility index (Phi) is 5.23. The Hall–Kier alpha value is -6.84. The van der Waals surface area contributed by atoms with E-state index in [1.165, 1.54) is 82.2 Å². The fourth-order valence-electron chi connectivity index (χ4n) is 9.00. The van der Waals surface area contributed by atoms with E-state index in [0.29, 0.717) is 0 Å². The van der Waals surface area contributed by atoms with Gasteiger partial charge in [-0.05, 0) is 76.7 Å². The van der Waals surface area contributed by atoms with Crippen molar-refractivity contribution in [1.29, 1.82) is 0 Å². The maximum atomic E-state index is 6.32. The number of rotatable bonds is 3. The van der Waals surface area contributed by atoms with Crippen LogP contribution < -0.4 is 0 Å². The second kappa shape index (κ2) is 9.87. The smallest absolute Gasteiger partial charge is 0.136 e. The Bertz CT molecular complexity index is 3360. The van der Waals surface area contributed by atoms with Crippen molar-refractivity contribution in [3.05, 3.63) is 170 Å². The fraction of sp³-hybridized carbons (Fsp3) is 0. The predicted octanol–water partition coefficient (Wildman–Crippen LogP) is 13.2. The quantitative estimate of drug-likeness (QED) is 0.187. The highest BCUT2D eigenvalue weighted by Crippen LogP contribution is 2.49. The Morgan fingerprint density at radius 1 is 0.353 bits per heavy atom. The van der Waals surface area contributed by atoms with E-state index in [2.05, 4.69) is 173 Å². The average molecular weight is 649 g/mol. The summed E-state index contributed by atoms with van der Waals surface area (Å²) in [5, 5.41) is 9.91. The Balaban J connectivity index is 1.29. The standard InChI is InChI=1S/C48H28N2O/c1-2-15-31(16-3-1)49-41-24-11-21-35-33-17-4-7-22-39(33)50-40-23-8-5-18-34(40)38-28-37(47(49)46(45(35)41)48(38)50)30-14-10-13-29(27-30)32-20-12-26-43-44(32)36-19-6-9-25-42(36)51-43/h1-28H. The number of nitrogens with zero attached hydrogens (tertiary/aromatic N) is 2. The lowest BCUT2D eigenvalue weighted by molar-refractivity contribution is 0.669. The SMILES string of the molecule is c1ccc(-n2c3cccc4c5ccccc5n5c6ccccc6c6cc(-c7cccc(-c8cccc9oc%10ccccc%10c89)c7)c2c(c43)c65)cc1. The summed E-state index contributed by atoms with van der Waals surface area (Å²) in [7, 11) is 0. The second-order valence-electron chi connectivity index (χ2n) is 13.6. The molecule has 0 aliphatic heterocycles. The molecule has 4 heterocycles. The zero-order valence-electron chi connectivity index (χ0n) is 27.5. The van der Waals surface area contributed by atoms with Crippen molar-refractivity contribution < 1.29 is 4.42 Å². The lowest BCUT2D eigenvalue weighted by atomic mass is 9.93. The topological polar surface area (TPSA) is 22.5 Å². The van der Waals surface area contributed by atoms with Gasteiger partial charge in [-0.15, -0.1) is 0 Å². The van der Waals surface area contributed by atoms with Crippen LogP contribution in [0.25, 0.3) is 110 Å². The van der Waals surface area contributed by atoms with Gasteiger partial charge >= 0.3 is 0 Å². The van der Waals surface area contributed by atoms with Crippen LogP contribution in [0.15, 0.2) is 174 Å². The first-order chi connectivity index (χ1) is 25.3. The molecule has 0 N–H and O–H groups in total. The summed E-state index contributed by atoms with van der Waals surface area (Å²) in [6.07, 6.45) is 0. The molecule has 0 saturated heterocycles. The number of fused-ring (bicyclic) bond motifs is 9. The molecule has 0 bridgehead atoms. The van der Waals surface area contributed by atoms with Gasteiger partial charge in [-0.2, -0.15) is 0 Å². The van der Waals surface area contributed by atoms with E-state index in [4.69, 9.17) is 4.42 Å². The minimum atomic E-state index is 0.908. The molecule has 4 aromatic heterocycles. The van der Waals surface area contributed by atoms with Crippen LogP contribution in [-0.4, -0.2) is 8.97 Å². The molecule has 0 radical (unpaired) electrons. The minimum absolute atomic E-state index is 0.908. The molecule has 8 aromatic carbocycles. The van der Waals surface area contributed by atoms with Gasteiger partial charge in [0.15, 0.2) is 0 Å². The summed E-state index contributed by atoms with van der Waals surface area (Å²) in [5.41, 5.74) is 13.8. The first kappa shape index (κ1) is 27.0. The molecule has 0 fully saturated rings. The van der Waals surface area contributed by atoms with Crippen LogP contribution in [-0.2, 0) is 0 Å². The molecule has 0 spiro atoms. The molecule has 0 amide bonds. The highest BCUT2D eigenvalue weighted by atomic mass is 16.3. The number of hydrogen-bond donors (Lipinski definition) is 0. The fourth-order valence-corrected chi connectivity index (χ4v) is 9.00. The average Bonchev–Trinajstić information content (AvgIpc) is 3.83. The molecule has 236 valence electrons. The summed E-state index contributed by atoms with van der Waals surface area (Å²) in [6, 6.07) is 61.8. The van der Waals surface area contributed by atoms with Crippen LogP contribution in [0.4, 0.5) is 0 Å². The van der Waals surface area contributed by atoms with Crippen LogP contribution >= 0.6 is 0 Å². The van der Waals surface area contributed by atoms with E-state index in [1.807, 2.05) is 6.07 Å². The second-order valence-corrected chi connectivity index (χ2v) is 13.6. The van der Waals surface area contributed by atoms with Crippen molar-refractivity contribution in [2.24, 2.45) is 0 Å². The summed E-state index contributed by atoms with van der Waals surface area (Å²) in [6.45, 7) is 0. The van der Waals surface area contributed by atoms with Crippen LogP contribution in [0.3, 0.4) is 0 Å². The molecule has 12 aromatic rings. The molecule has 0 atom stereocenters. The molecule has 0 aliphatic carbocycles. The Morgan fingerprint density at radius 3 is 1.78 bits per heavy atom. The van der Waals surface area contributed by atoms with Crippen molar-refractivity contribution in [1.82, 2.24) is 8.97 Å². The van der Waals surface area contributed by atoms with Gasteiger partial charge in [0, 0.05) is 49.0 Å². The van der Waals surface area contributed by atoms with E-state index in [0.717, 1.165) is 27.6 Å². The third-order valence-electron chi connectivity index (χ3n) is 11.0. The van der Waals surface area contributed by atoms with Crippen molar-refractivity contribution >= 4 is 81.8 Å². The van der Waals surface area contributed by atoms with Crippen molar-refractivity contribution in [2.75, 3.05) is 0 Å². The van der Waals surface area contributed by atoms with E-state index in [9.17, 15) is 0 Å². The van der Waals surface area contributed by atoms with Gasteiger partial charge in [-0.25, -0.2) is 0 Å². The normalized spacial score (nSPS) is 12.3. The molecule has 51 heavy (non-hydrogen) atoms. The molecular weight excluding hydrogens is 621 g/mol. The summed E-state index contributed by atoms with van der Waals surface area (Å²) in [4.78, 5) is 0. The molecule has 12 rings (SSSR count). The summed E-state index contributed by atoms with van der Waals surface area (Å²) < 4.78 is 11.3. The Labute approximate surface area is 292 Å². The highest BCUT2D eigenvalue weighted by Gasteiger charge is 2.26. The molecule has 3 nitrogen and oxygen atoms in total. The van der Waals surface area contributed by atoms with Gasteiger partial charge in [-0.3, -0.25) is 0 Å². The number of aromatic nitrogens is 2.